The van der Waals surface area contributed by atoms with Gasteiger partial charge in [-0.3, -0.25) is 0 Å². The first-order valence-electron chi connectivity index (χ1n) is 5.99. The molecule has 3 rings (SSSR count). The monoisotopic (exact) mass is 229 g/mol. The normalized spacial score (nSPS) is 15.5. The lowest BCUT2D eigenvalue weighted by atomic mass is 9.85. The number of hydrogen-bond acceptors (Lipinski definition) is 4. The second kappa shape index (κ2) is 4.53. The average molecular weight is 229 g/mol. The second-order valence-electron chi connectivity index (χ2n) is 4.48. The molecule has 1 heterocycles. The molecule has 0 aliphatic heterocycles. The Labute approximate surface area is 99.8 Å². The predicted octanol–water partition coefficient (Wildman–Crippen LogP) is 1.87. The second-order valence-corrected chi connectivity index (χ2v) is 4.48. The van der Waals surface area contributed by atoms with Crippen LogP contribution in [0.25, 0.3) is 5.69 Å². The van der Waals surface area contributed by atoms with Crippen molar-refractivity contribution in [1.29, 1.82) is 0 Å². The van der Waals surface area contributed by atoms with Crippen LogP contribution in [-0.2, 0) is 0 Å². The number of hydrogen-bond donors (Lipinski definition) is 1. The SMILES string of the molecule is c1cc(NCC2CCC2)cc(-n2cnnn2)c1. The van der Waals surface area contributed by atoms with E-state index in [1.807, 2.05) is 12.1 Å². The van der Waals surface area contributed by atoms with Crippen LogP contribution in [0.1, 0.15) is 19.3 Å². The standard InChI is InChI=1S/C12H15N5/c1-3-10(4-1)8-13-11-5-2-6-12(7-11)17-9-14-15-16-17/h2,5-7,9-10,13H,1,3-4,8H2. The van der Waals surface area contributed by atoms with E-state index in [2.05, 4.69) is 33.0 Å². The molecule has 0 atom stereocenters. The van der Waals surface area contributed by atoms with Gasteiger partial charge in [-0.15, -0.1) is 5.10 Å². The van der Waals surface area contributed by atoms with Crippen LogP contribution in [0.4, 0.5) is 5.69 Å². The summed E-state index contributed by atoms with van der Waals surface area (Å²) < 4.78 is 1.66. The molecule has 0 saturated heterocycles. The molecule has 0 radical (unpaired) electrons. The van der Waals surface area contributed by atoms with Crippen molar-refractivity contribution < 1.29 is 0 Å². The van der Waals surface area contributed by atoms with Crippen LogP contribution in [0.5, 0.6) is 0 Å². The summed E-state index contributed by atoms with van der Waals surface area (Å²) in [6, 6.07) is 8.15. The van der Waals surface area contributed by atoms with Crippen molar-refractivity contribution in [3.05, 3.63) is 30.6 Å². The van der Waals surface area contributed by atoms with E-state index in [0.29, 0.717) is 0 Å². The van der Waals surface area contributed by atoms with Gasteiger partial charge in [-0.25, -0.2) is 4.68 Å². The molecular formula is C12H15N5. The molecule has 1 fully saturated rings. The predicted molar refractivity (Wildman–Crippen MR) is 65.0 cm³/mol. The summed E-state index contributed by atoms with van der Waals surface area (Å²) in [6.07, 6.45) is 5.71. The van der Waals surface area contributed by atoms with Crippen LogP contribution < -0.4 is 5.32 Å². The van der Waals surface area contributed by atoms with E-state index in [0.717, 1.165) is 23.8 Å². The molecule has 1 N–H and O–H groups in total. The number of nitrogens with zero attached hydrogens (tertiary/aromatic N) is 4. The Morgan fingerprint density at radius 2 is 2.29 bits per heavy atom. The highest BCUT2D eigenvalue weighted by molar-refractivity contribution is 5.50. The van der Waals surface area contributed by atoms with Crippen molar-refractivity contribution in [2.24, 2.45) is 5.92 Å². The highest BCUT2D eigenvalue weighted by atomic mass is 15.5. The van der Waals surface area contributed by atoms with Crippen LogP contribution in [0.15, 0.2) is 30.6 Å². The lowest BCUT2D eigenvalue weighted by Gasteiger charge is -2.25. The molecule has 5 nitrogen and oxygen atoms in total. The van der Waals surface area contributed by atoms with Crippen LogP contribution >= 0.6 is 0 Å². The maximum atomic E-state index is 3.88. The molecule has 1 aromatic carbocycles. The Morgan fingerprint density at radius 1 is 1.35 bits per heavy atom. The van der Waals surface area contributed by atoms with E-state index >= 15 is 0 Å². The van der Waals surface area contributed by atoms with Crippen molar-refractivity contribution in [2.45, 2.75) is 19.3 Å². The van der Waals surface area contributed by atoms with Gasteiger partial charge in [-0.1, -0.05) is 12.5 Å². The number of anilines is 1. The number of nitrogens with one attached hydrogen (secondary N) is 1. The Balaban J connectivity index is 1.70. The number of benzene rings is 1. The van der Waals surface area contributed by atoms with Crippen LogP contribution in [-0.4, -0.2) is 26.8 Å². The summed E-state index contributed by atoms with van der Waals surface area (Å²) >= 11 is 0. The minimum atomic E-state index is 0.853. The van der Waals surface area contributed by atoms with E-state index < -0.39 is 0 Å². The van der Waals surface area contributed by atoms with E-state index in [1.54, 1.807) is 11.0 Å². The summed E-state index contributed by atoms with van der Waals surface area (Å²) in [4.78, 5) is 0. The van der Waals surface area contributed by atoms with Gasteiger partial charge in [0.15, 0.2) is 0 Å². The fourth-order valence-corrected chi connectivity index (χ4v) is 2.00. The van der Waals surface area contributed by atoms with Gasteiger partial charge in [0, 0.05) is 12.2 Å². The fraction of sp³-hybridized carbons (Fsp3) is 0.417. The Kier molecular flexibility index (Phi) is 2.73. The Hall–Kier alpha value is -1.91. The molecule has 0 unspecified atom stereocenters. The van der Waals surface area contributed by atoms with E-state index in [-0.39, 0.29) is 0 Å². The highest BCUT2D eigenvalue weighted by Gasteiger charge is 2.16. The molecule has 2 aromatic rings. The highest BCUT2D eigenvalue weighted by Crippen LogP contribution is 2.26. The minimum absolute atomic E-state index is 0.853. The molecule has 1 aliphatic carbocycles. The summed E-state index contributed by atoms with van der Waals surface area (Å²) in [5.41, 5.74) is 2.11. The lowest BCUT2D eigenvalue weighted by Crippen LogP contribution is -2.20. The largest absolute Gasteiger partial charge is 0.385 e. The minimum Gasteiger partial charge on any atom is -0.385 e. The van der Waals surface area contributed by atoms with Gasteiger partial charge in [-0.2, -0.15) is 0 Å². The molecule has 0 spiro atoms. The molecule has 1 aliphatic rings. The fourth-order valence-electron chi connectivity index (χ4n) is 2.00. The zero-order valence-corrected chi connectivity index (χ0v) is 9.58. The zero-order valence-electron chi connectivity index (χ0n) is 9.58. The van der Waals surface area contributed by atoms with Gasteiger partial charge in [0.05, 0.1) is 5.69 Å². The molecule has 1 saturated carbocycles. The van der Waals surface area contributed by atoms with Crippen molar-refractivity contribution in [3.63, 3.8) is 0 Å². The van der Waals surface area contributed by atoms with Crippen LogP contribution in [0.3, 0.4) is 0 Å². The summed E-state index contributed by atoms with van der Waals surface area (Å²) in [7, 11) is 0. The van der Waals surface area contributed by atoms with Crippen molar-refractivity contribution >= 4 is 5.69 Å². The van der Waals surface area contributed by atoms with Gasteiger partial charge in [-0.05, 0) is 47.4 Å². The summed E-state index contributed by atoms with van der Waals surface area (Å²) in [5, 5.41) is 14.6. The van der Waals surface area contributed by atoms with Gasteiger partial charge in [0.25, 0.3) is 0 Å². The third-order valence-electron chi connectivity index (χ3n) is 3.28. The van der Waals surface area contributed by atoms with Crippen molar-refractivity contribution in [1.82, 2.24) is 20.2 Å². The van der Waals surface area contributed by atoms with Gasteiger partial charge < -0.3 is 5.32 Å². The summed E-state index contributed by atoms with van der Waals surface area (Å²) in [6.45, 7) is 1.07. The van der Waals surface area contributed by atoms with Crippen LogP contribution in [0.2, 0.25) is 0 Å². The summed E-state index contributed by atoms with van der Waals surface area (Å²) in [5.74, 6) is 0.853. The molecule has 5 heteroatoms. The Bertz CT molecular complexity index is 475. The number of aromatic nitrogens is 4. The molecule has 1 aromatic heterocycles. The maximum absolute atomic E-state index is 3.88. The van der Waals surface area contributed by atoms with E-state index in [9.17, 15) is 0 Å². The van der Waals surface area contributed by atoms with E-state index in [1.165, 1.54) is 19.3 Å². The molecule has 0 amide bonds. The first-order chi connectivity index (χ1) is 8.42. The molecule has 0 bridgehead atoms. The molecule has 88 valence electrons. The van der Waals surface area contributed by atoms with Crippen LogP contribution in [0, 0.1) is 5.92 Å². The van der Waals surface area contributed by atoms with Crippen molar-refractivity contribution in [3.8, 4) is 5.69 Å². The maximum Gasteiger partial charge on any atom is 0.143 e. The molecule has 17 heavy (non-hydrogen) atoms. The Morgan fingerprint density at radius 3 is 3.00 bits per heavy atom. The first kappa shape index (κ1) is 10.3. The smallest absolute Gasteiger partial charge is 0.143 e. The number of rotatable bonds is 4. The third kappa shape index (κ3) is 2.27. The van der Waals surface area contributed by atoms with E-state index in [4.69, 9.17) is 0 Å². The van der Waals surface area contributed by atoms with Gasteiger partial charge in [0.1, 0.15) is 6.33 Å². The quantitative estimate of drug-likeness (QED) is 0.869. The van der Waals surface area contributed by atoms with Crippen molar-refractivity contribution in [2.75, 3.05) is 11.9 Å². The number of tetrazole rings is 1. The molecular weight excluding hydrogens is 214 g/mol. The lowest BCUT2D eigenvalue weighted by molar-refractivity contribution is 0.333. The van der Waals surface area contributed by atoms with Gasteiger partial charge >= 0.3 is 0 Å². The zero-order chi connectivity index (χ0) is 11.5. The first-order valence-corrected chi connectivity index (χ1v) is 5.99. The topological polar surface area (TPSA) is 55.6 Å². The third-order valence-corrected chi connectivity index (χ3v) is 3.28. The van der Waals surface area contributed by atoms with Gasteiger partial charge in [0.2, 0.25) is 0 Å². The average Bonchev–Trinajstić information content (AvgIpc) is 2.81.